The lowest BCUT2D eigenvalue weighted by Crippen LogP contribution is -2.28. The molecule has 7 nitrogen and oxygen atoms in total. The Morgan fingerprint density at radius 1 is 1.22 bits per heavy atom. The molecule has 142 valence electrons. The van der Waals surface area contributed by atoms with E-state index in [2.05, 4.69) is 27.6 Å². The Labute approximate surface area is 162 Å². The van der Waals surface area contributed by atoms with Crippen LogP contribution in [0.5, 0.6) is 0 Å². The van der Waals surface area contributed by atoms with Crippen LogP contribution in [0.15, 0.2) is 58.3 Å². The minimum Gasteiger partial charge on any atom is -0.467 e. The van der Waals surface area contributed by atoms with Gasteiger partial charge in [0.1, 0.15) is 11.6 Å². The first-order chi connectivity index (χ1) is 13.3. The maximum atomic E-state index is 12.0. The topological polar surface area (TPSA) is 82.2 Å². The summed E-state index contributed by atoms with van der Waals surface area (Å²) in [5, 5.41) is 12.1. The zero-order chi connectivity index (χ0) is 18.9. The van der Waals surface area contributed by atoms with Gasteiger partial charge in [-0.05, 0) is 17.7 Å². The van der Waals surface area contributed by atoms with Crippen LogP contribution in [0.3, 0.4) is 0 Å². The van der Waals surface area contributed by atoms with Gasteiger partial charge in [-0.25, -0.2) is 0 Å². The molecule has 0 unspecified atom stereocenters. The first-order valence-corrected chi connectivity index (χ1v) is 9.61. The lowest BCUT2D eigenvalue weighted by molar-refractivity contribution is -0.118. The van der Waals surface area contributed by atoms with E-state index >= 15 is 0 Å². The number of aromatic nitrogens is 3. The van der Waals surface area contributed by atoms with Crippen LogP contribution >= 0.6 is 11.8 Å². The van der Waals surface area contributed by atoms with Crippen LogP contribution in [0.2, 0.25) is 0 Å². The summed E-state index contributed by atoms with van der Waals surface area (Å²) in [6.07, 6.45) is 2.31. The van der Waals surface area contributed by atoms with Crippen molar-refractivity contribution in [2.24, 2.45) is 0 Å². The van der Waals surface area contributed by atoms with E-state index in [0.717, 1.165) is 17.1 Å². The third-order valence-electron chi connectivity index (χ3n) is 3.85. The first kappa shape index (κ1) is 19.2. The maximum Gasteiger partial charge on any atom is 0.230 e. The fourth-order valence-corrected chi connectivity index (χ4v) is 3.31. The number of hydrogen-bond acceptors (Lipinski definition) is 6. The van der Waals surface area contributed by atoms with Gasteiger partial charge in [0.15, 0.2) is 5.16 Å². The average Bonchev–Trinajstić information content (AvgIpc) is 3.32. The highest BCUT2D eigenvalue weighted by Crippen LogP contribution is 2.20. The second-order valence-corrected chi connectivity index (χ2v) is 6.80. The van der Waals surface area contributed by atoms with Gasteiger partial charge in [-0.1, -0.05) is 42.1 Å². The molecule has 0 radical (unpaired) electrons. The fraction of sp³-hybridized carbons (Fsp3) is 0.316. The van der Waals surface area contributed by atoms with Gasteiger partial charge in [0.05, 0.1) is 25.2 Å². The normalized spacial score (nSPS) is 10.9. The van der Waals surface area contributed by atoms with Crippen molar-refractivity contribution in [1.29, 1.82) is 0 Å². The average molecular weight is 386 g/mol. The number of furan rings is 1. The molecule has 1 aromatic carbocycles. The molecule has 0 atom stereocenters. The third kappa shape index (κ3) is 5.70. The second-order valence-electron chi connectivity index (χ2n) is 5.86. The molecule has 3 aromatic rings. The molecule has 0 aliphatic heterocycles. The second kappa shape index (κ2) is 9.94. The van der Waals surface area contributed by atoms with Crippen LogP contribution in [-0.2, 0) is 22.5 Å². The van der Waals surface area contributed by atoms with Gasteiger partial charge >= 0.3 is 0 Å². The Hall–Kier alpha value is -2.58. The summed E-state index contributed by atoms with van der Waals surface area (Å²) in [4.78, 5) is 12.0. The molecule has 0 saturated carbocycles. The van der Waals surface area contributed by atoms with Crippen LogP contribution < -0.4 is 5.32 Å². The molecule has 0 fully saturated rings. The molecule has 8 heteroatoms. The largest absolute Gasteiger partial charge is 0.467 e. The van der Waals surface area contributed by atoms with E-state index in [1.165, 1.54) is 11.8 Å². The molecule has 0 aliphatic carbocycles. The Kier molecular flexibility index (Phi) is 7.06. The van der Waals surface area contributed by atoms with Gasteiger partial charge in [-0.3, -0.25) is 9.36 Å². The van der Waals surface area contributed by atoms with Crippen LogP contribution in [0.1, 0.15) is 17.1 Å². The van der Waals surface area contributed by atoms with Gasteiger partial charge in [-0.15, -0.1) is 10.2 Å². The number of amides is 1. The summed E-state index contributed by atoms with van der Waals surface area (Å²) in [5.41, 5.74) is 1.15. The molecule has 2 aromatic heterocycles. The van der Waals surface area contributed by atoms with Gasteiger partial charge in [0.25, 0.3) is 0 Å². The van der Waals surface area contributed by atoms with Crippen LogP contribution in [0.4, 0.5) is 0 Å². The molecule has 3 rings (SSSR count). The van der Waals surface area contributed by atoms with E-state index in [0.29, 0.717) is 31.3 Å². The summed E-state index contributed by atoms with van der Waals surface area (Å²) in [6.45, 7) is 1.51. The molecular weight excluding hydrogens is 364 g/mol. The predicted molar refractivity (Wildman–Crippen MR) is 103 cm³/mol. The quantitative estimate of drug-likeness (QED) is 0.425. The molecule has 1 amide bonds. The van der Waals surface area contributed by atoms with E-state index < -0.39 is 0 Å². The van der Waals surface area contributed by atoms with Crippen molar-refractivity contribution in [1.82, 2.24) is 20.1 Å². The number of carbonyl (C=O) groups is 1. The first-order valence-electron chi connectivity index (χ1n) is 8.63. The number of hydrogen-bond donors (Lipinski definition) is 1. The van der Waals surface area contributed by atoms with E-state index in [1.807, 2.05) is 34.9 Å². The highest BCUT2D eigenvalue weighted by molar-refractivity contribution is 7.99. The number of thioether (sulfide) groups is 1. The predicted octanol–water partition coefficient (Wildman–Crippen LogP) is 2.36. The number of carbonyl (C=O) groups excluding carboxylic acids is 1. The zero-order valence-corrected chi connectivity index (χ0v) is 15.9. The minimum absolute atomic E-state index is 0.0609. The molecule has 27 heavy (non-hydrogen) atoms. The van der Waals surface area contributed by atoms with Crippen molar-refractivity contribution in [2.75, 3.05) is 26.0 Å². The van der Waals surface area contributed by atoms with Crippen LogP contribution in [0.25, 0.3) is 0 Å². The Morgan fingerprint density at radius 3 is 2.81 bits per heavy atom. The Balaban J connectivity index is 1.71. The number of ether oxygens (including phenoxy) is 1. The number of nitrogens with one attached hydrogen (secondary N) is 1. The fourth-order valence-electron chi connectivity index (χ4n) is 2.53. The molecule has 1 N–H and O–H groups in total. The molecule has 0 spiro atoms. The lowest BCUT2D eigenvalue weighted by atomic mass is 10.1. The SMILES string of the molecule is COCCNC(=O)CSc1nnc(Cc2ccccc2)n1Cc1ccco1. The number of nitrogens with zero attached hydrogens (tertiary/aromatic N) is 3. The van der Waals surface area contributed by atoms with Crippen LogP contribution in [0, 0.1) is 0 Å². The number of rotatable bonds is 10. The van der Waals surface area contributed by atoms with Crippen molar-refractivity contribution in [3.8, 4) is 0 Å². The standard InChI is InChI=1S/C19H22N4O3S/c1-25-11-9-20-18(24)14-27-19-22-21-17(12-15-6-3-2-4-7-15)23(19)13-16-8-5-10-26-16/h2-8,10H,9,11-14H2,1H3,(H,20,24). The summed E-state index contributed by atoms with van der Waals surface area (Å²) >= 11 is 1.36. The monoisotopic (exact) mass is 386 g/mol. The van der Waals surface area contributed by atoms with Crippen molar-refractivity contribution in [3.05, 3.63) is 65.9 Å². The number of benzene rings is 1. The van der Waals surface area contributed by atoms with Gasteiger partial charge in [0, 0.05) is 20.1 Å². The van der Waals surface area contributed by atoms with Crippen molar-refractivity contribution in [3.63, 3.8) is 0 Å². The highest BCUT2D eigenvalue weighted by atomic mass is 32.2. The van der Waals surface area contributed by atoms with E-state index in [-0.39, 0.29) is 11.7 Å². The Bertz CT molecular complexity index is 834. The number of methoxy groups -OCH3 is 1. The molecule has 0 bridgehead atoms. The van der Waals surface area contributed by atoms with Gasteiger partial charge < -0.3 is 14.5 Å². The summed E-state index contributed by atoms with van der Waals surface area (Å²) in [6, 6.07) is 13.9. The molecule has 2 heterocycles. The summed E-state index contributed by atoms with van der Waals surface area (Å²) in [7, 11) is 1.60. The van der Waals surface area contributed by atoms with Crippen molar-refractivity contribution >= 4 is 17.7 Å². The summed E-state index contributed by atoms with van der Waals surface area (Å²) < 4.78 is 12.4. The van der Waals surface area contributed by atoms with Crippen LogP contribution in [-0.4, -0.2) is 46.7 Å². The zero-order valence-electron chi connectivity index (χ0n) is 15.1. The van der Waals surface area contributed by atoms with Crippen molar-refractivity contribution in [2.45, 2.75) is 18.1 Å². The Morgan fingerprint density at radius 2 is 2.07 bits per heavy atom. The van der Waals surface area contributed by atoms with Crippen molar-refractivity contribution < 1.29 is 13.9 Å². The lowest BCUT2D eigenvalue weighted by Gasteiger charge is -2.09. The summed E-state index contributed by atoms with van der Waals surface area (Å²) in [5.74, 6) is 1.86. The third-order valence-corrected chi connectivity index (χ3v) is 4.82. The molecule has 0 aliphatic rings. The minimum atomic E-state index is -0.0609. The van der Waals surface area contributed by atoms with Gasteiger partial charge in [-0.2, -0.15) is 0 Å². The van der Waals surface area contributed by atoms with Gasteiger partial charge in [0.2, 0.25) is 5.91 Å². The van der Waals surface area contributed by atoms with E-state index in [9.17, 15) is 4.79 Å². The van der Waals surface area contributed by atoms with E-state index in [4.69, 9.17) is 9.15 Å². The molecule has 0 saturated heterocycles. The van der Waals surface area contributed by atoms with E-state index in [1.54, 1.807) is 13.4 Å². The maximum absolute atomic E-state index is 12.0. The highest BCUT2D eigenvalue weighted by Gasteiger charge is 2.16. The smallest absolute Gasteiger partial charge is 0.230 e. The molecular formula is C19H22N4O3S.